The first-order chi connectivity index (χ1) is 18.5. The van der Waals surface area contributed by atoms with Crippen LogP contribution in [0.5, 0.6) is 11.5 Å². The minimum Gasteiger partial charge on any atom is -0.497 e. The molecule has 3 heterocycles. The van der Waals surface area contributed by atoms with Gasteiger partial charge in [-0.25, -0.2) is 0 Å². The van der Waals surface area contributed by atoms with E-state index in [1.165, 1.54) is 5.56 Å². The number of hydrogen-bond donors (Lipinski definition) is 1. The number of aliphatic hydroxyl groups is 1. The standard InChI is InChI=1S/C31H33N3O4/c1-32-25-15-23(37-2)13-14-24(25)28-29(32)26(17-35)34(30(36)21-9-5-4-6-10-21)20-31(28)18-33(19-31)16-22-11-7-8-12-27(22)38-3/h4-15,26,35H,16-20H2,1-3H3/t26-/m0/s1. The lowest BCUT2D eigenvalue weighted by Gasteiger charge is -2.56. The van der Waals surface area contributed by atoms with E-state index >= 15 is 0 Å². The van der Waals surface area contributed by atoms with Crippen molar-refractivity contribution in [3.63, 3.8) is 0 Å². The van der Waals surface area contributed by atoms with E-state index in [0.717, 1.165) is 53.3 Å². The van der Waals surface area contributed by atoms with E-state index in [-0.39, 0.29) is 17.9 Å². The number of hydrogen-bond acceptors (Lipinski definition) is 5. The zero-order valence-electron chi connectivity index (χ0n) is 22.1. The lowest BCUT2D eigenvalue weighted by atomic mass is 9.68. The van der Waals surface area contributed by atoms with Gasteiger partial charge in [0.1, 0.15) is 11.5 Å². The summed E-state index contributed by atoms with van der Waals surface area (Å²) in [5.74, 6) is 1.62. The predicted octanol–water partition coefficient (Wildman–Crippen LogP) is 4.14. The number of fused-ring (bicyclic) bond motifs is 4. The average Bonchev–Trinajstić information content (AvgIpc) is 3.24. The summed E-state index contributed by atoms with van der Waals surface area (Å²) < 4.78 is 13.3. The molecule has 6 rings (SSSR count). The summed E-state index contributed by atoms with van der Waals surface area (Å²) >= 11 is 0. The van der Waals surface area contributed by atoms with Gasteiger partial charge >= 0.3 is 0 Å². The van der Waals surface area contributed by atoms with E-state index in [1.54, 1.807) is 14.2 Å². The number of carbonyl (C=O) groups excluding carboxylic acids is 1. The number of amides is 1. The van der Waals surface area contributed by atoms with Crippen molar-refractivity contribution in [2.24, 2.45) is 7.05 Å². The molecule has 1 amide bonds. The Morgan fingerprint density at radius 3 is 2.42 bits per heavy atom. The Kier molecular flexibility index (Phi) is 6.13. The minimum atomic E-state index is -0.435. The number of aryl methyl sites for hydroxylation is 1. The van der Waals surface area contributed by atoms with Gasteiger partial charge in [0, 0.05) is 66.9 Å². The molecule has 2 aliphatic heterocycles. The normalized spacial score (nSPS) is 18.3. The fourth-order valence-electron chi connectivity index (χ4n) is 6.57. The van der Waals surface area contributed by atoms with Gasteiger partial charge in [-0.1, -0.05) is 36.4 Å². The molecule has 0 aliphatic carbocycles. The van der Waals surface area contributed by atoms with E-state index < -0.39 is 6.04 Å². The molecule has 0 unspecified atom stereocenters. The highest BCUT2D eigenvalue weighted by Gasteiger charge is 2.54. The van der Waals surface area contributed by atoms with E-state index in [9.17, 15) is 9.90 Å². The number of para-hydroxylation sites is 1. The summed E-state index contributed by atoms with van der Waals surface area (Å²) in [6.45, 7) is 2.79. The lowest BCUT2D eigenvalue weighted by Crippen LogP contribution is -2.66. The van der Waals surface area contributed by atoms with Crippen molar-refractivity contribution in [2.75, 3.05) is 40.5 Å². The number of aromatic nitrogens is 1. The van der Waals surface area contributed by atoms with Crippen LogP contribution in [0, 0.1) is 0 Å². The van der Waals surface area contributed by atoms with Gasteiger partial charge in [-0.3, -0.25) is 9.69 Å². The van der Waals surface area contributed by atoms with Gasteiger partial charge in [0.05, 0.1) is 32.4 Å². The number of benzene rings is 3. The van der Waals surface area contributed by atoms with Crippen LogP contribution in [0.15, 0.2) is 72.8 Å². The summed E-state index contributed by atoms with van der Waals surface area (Å²) in [6, 6.07) is 23.2. The topological polar surface area (TPSA) is 67.2 Å². The zero-order valence-corrected chi connectivity index (χ0v) is 22.1. The molecule has 38 heavy (non-hydrogen) atoms. The fourth-order valence-corrected chi connectivity index (χ4v) is 6.57. The van der Waals surface area contributed by atoms with Crippen LogP contribution in [-0.4, -0.2) is 65.8 Å². The Hall–Kier alpha value is -3.81. The second-order valence-corrected chi connectivity index (χ2v) is 10.4. The van der Waals surface area contributed by atoms with Crippen LogP contribution in [-0.2, 0) is 19.0 Å². The first-order valence-corrected chi connectivity index (χ1v) is 13.0. The van der Waals surface area contributed by atoms with E-state index in [1.807, 2.05) is 72.6 Å². The number of carbonyl (C=O) groups is 1. The summed E-state index contributed by atoms with van der Waals surface area (Å²) in [5, 5.41) is 11.8. The van der Waals surface area contributed by atoms with Crippen molar-refractivity contribution in [3.8, 4) is 11.5 Å². The van der Waals surface area contributed by atoms with Gasteiger partial charge < -0.3 is 24.0 Å². The van der Waals surface area contributed by atoms with Crippen molar-refractivity contribution in [1.29, 1.82) is 0 Å². The molecule has 0 radical (unpaired) electrons. The molecule has 1 atom stereocenters. The van der Waals surface area contributed by atoms with Crippen molar-refractivity contribution in [1.82, 2.24) is 14.4 Å². The van der Waals surface area contributed by atoms with Gasteiger partial charge in [0.2, 0.25) is 0 Å². The molecule has 196 valence electrons. The van der Waals surface area contributed by atoms with Crippen LogP contribution in [0.3, 0.4) is 0 Å². The van der Waals surface area contributed by atoms with Gasteiger partial charge in [0.25, 0.3) is 5.91 Å². The molecule has 3 aromatic carbocycles. The third-order valence-corrected chi connectivity index (χ3v) is 8.24. The molecular formula is C31H33N3O4. The first kappa shape index (κ1) is 24.5. The van der Waals surface area contributed by atoms with Crippen molar-refractivity contribution in [2.45, 2.75) is 18.0 Å². The highest BCUT2D eigenvalue weighted by atomic mass is 16.5. The molecule has 2 aliphatic rings. The van der Waals surface area contributed by atoms with E-state index in [0.29, 0.717) is 12.1 Å². The number of methoxy groups -OCH3 is 2. The fraction of sp³-hybridized carbons (Fsp3) is 0.323. The first-order valence-electron chi connectivity index (χ1n) is 13.0. The molecule has 7 nitrogen and oxygen atoms in total. The molecule has 0 saturated carbocycles. The average molecular weight is 512 g/mol. The third-order valence-electron chi connectivity index (χ3n) is 8.24. The van der Waals surface area contributed by atoms with Crippen LogP contribution in [0.25, 0.3) is 10.9 Å². The summed E-state index contributed by atoms with van der Waals surface area (Å²) in [5.41, 5.74) is 4.82. The quantitative estimate of drug-likeness (QED) is 0.422. The second-order valence-electron chi connectivity index (χ2n) is 10.4. The van der Waals surface area contributed by atoms with Gasteiger partial charge in [0.15, 0.2) is 0 Å². The van der Waals surface area contributed by atoms with Gasteiger partial charge in [-0.05, 0) is 35.9 Å². The molecule has 1 fully saturated rings. The maximum Gasteiger partial charge on any atom is 0.254 e. The summed E-state index contributed by atoms with van der Waals surface area (Å²) in [7, 11) is 5.40. The molecule has 1 N–H and O–H groups in total. The predicted molar refractivity (Wildman–Crippen MR) is 147 cm³/mol. The van der Waals surface area contributed by atoms with Gasteiger partial charge in [-0.15, -0.1) is 0 Å². The summed E-state index contributed by atoms with van der Waals surface area (Å²) in [6.07, 6.45) is 0. The maximum absolute atomic E-state index is 13.8. The maximum atomic E-state index is 13.8. The van der Waals surface area contributed by atoms with Crippen molar-refractivity contribution >= 4 is 16.8 Å². The van der Waals surface area contributed by atoms with Crippen molar-refractivity contribution in [3.05, 3.63) is 95.2 Å². The van der Waals surface area contributed by atoms with Crippen LogP contribution < -0.4 is 9.47 Å². The van der Waals surface area contributed by atoms with Gasteiger partial charge in [-0.2, -0.15) is 0 Å². The Labute approximate surface area is 222 Å². The second kappa shape index (κ2) is 9.49. The molecular weight excluding hydrogens is 478 g/mol. The Morgan fingerprint density at radius 1 is 0.974 bits per heavy atom. The lowest BCUT2D eigenvalue weighted by molar-refractivity contribution is -0.00508. The Balaban J connectivity index is 1.44. The van der Waals surface area contributed by atoms with E-state index in [2.05, 4.69) is 21.6 Å². The Bertz CT molecular complexity index is 1490. The molecule has 4 aromatic rings. The molecule has 7 heteroatoms. The highest BCUT2D eigenvalue weighted by molar-refractivity contribution is 5.96. The van der Waals surface area contributed by atoms with Crippen LogP contribution in [0.2, 0.25) is 0 Å². The number of likely N-dealkylation sites (tertiary alicyclic amines) is 1. The Morgan fingerprint density at radius 2 is 1.71 bits per heavy atom. The van der Waals surface area contributed by atoms with E-state index in [4.69, 9.17) is 9.47 Å². The smallest absolute Gasteiger partial charge is 0.254 e. The molecule has 1 aromatic heterocycles. The number of rotatable bonds is 6. The summed E-state index contributed by atoms with van der Waals surface area (Å²) in [4.78, 5) is 18.1. The monoisotopic (exact) mass is 511 g/mol. The highest BCUT2D eigenvalue weighted by Crippen LogP contribution is 2.50. The molecule has 0 bridgehead atoms. The SMILES string of the molecule is COc1ccc2c3c(n(C)c2c1)[C@H](CO)N(C(=O)c1ccccc1)CC31CN(Cc2ccccc2OC)C1. The van der Waals surface area contributed by atoms with Crippen molar-refractivity contribution < 1.29 is 19.4 Å². The minimum absolute atomic E-state index is 0.0549. The molecule has 1 spiro atoms. The third kappa shape index (κ3) is 3.77. The van der Waals surface area contributed by atoms with Crippen LogP contribution in [0.1, 0.15) is 33.2 Å². The van der Waals surface area contributed by atoms with Crippen LogP contribution >= 0.6 is 0 Å². The molecule has 1 saturated heterocycles. The van der Waals surface area contributed by atoms with Crippen LogP contribution in [0.4, 0.5) is 0 Å². The number of aliphatic hydroxyl groups excluding tert-OH is 1. The number of nitrogens with zero attached hydrogens (tertiary/aromatic N) is 3. The number of ether oxygens (including phenoxy) is 2. The largest absolute Gasteiger partial charge is 0.497 e. The zero-order chi connectivity index (χ0) is 26.4.